The highest BCUT2D eigenvalue weighted by atomic mass is 16.1. The van der Waals surface area contributed by atoms with E-state index in [2.05, 4.69) is 35.5 Å². The number of carbonyl (C=O) groups is 1. The van der Waals surface area contributed by atoms with Crippen LogP contribution in [0, 0.1) is 13.8 Å². The van der Waals surface area contributed by atoms with E-state index in [0.717, 1.165) is 60.4 Å². The zero-order chi connectivity index (χ0) is 22.0. The third-order valence-corrected chi connectivity index (χ3v) is 5.56. The van der Waals surface area contributed by atoms with Gasteiger partial charge in [-0.05, 0) is 49.9 Å². The van der Waals surface area contributed by atoms with Gasteiger partial charge in [-0.1, -0.05) is 0 Å². The summed E-state index contributed by atoms with van der Waals surface area (Å²) >= 11 is 0. The summed E-state index contributed by atoms with van der Waals surface area (Å²) in [6.07, 6.45) is 5.38. The Bertz CT molecular complexity index is 1110. The maximum atomic E-state index is 11.4. The van der Waals surface area contributed by atoms with Crippen molar-refractivity contribution in [1.82, 2.24) is 24.8 Å². The van der Waals surface area contributed by atoms with E-state index < -0.39 is 0 Å². The van der Waals surface area contributed by atoms with Gasteiger partial charge in [-0.2, -0.15) is 9.97 Å². The van der Waals surface area contributed by atoms with E-state index in [4.69, 9.17) is 5.73 Å². The Balaban J connectivity index is 1.39. The van der Waals surface area contributed by atoms with E-state index in [0.29, 0.717) is 17.4 Å². The predicted octanol–water partition coefficient (Wildman–Crippen LogP) is 2.65. The summed E-state index contributed by atoms with van der Waals surface area (Å²) in [5, 5.41) is 7.11. The molecule has 1 aliphatic heterocycles. The van der Waals surface area contributed by atoms with Crippen LogP contribution in [0.1, 0.15) is 36.6 Å². The number of likely N-dealkylation sites (tertiary alicyclic amines) is 1. The minimum absolute atomic E-state index is 0.0910. The first-order chi connectivity index (χ1) is 14.9. The minimum atomic E-state index is -0.0910. The number of nitrogens with two attached hydrogens (primary N) is 1. The van der Waals surface area contributed by atoms with Gasteiger partial charge in [-0.15, -0.1) is 0 Å². The number of rotatable bonds is 5. The second kappa shape index (κ2) is 8.81. The van der Waals surface area contributed by atoms with Gasteiger partial charge in [0.2, 0.25) is 11.9 Å². The first-order valence-corrected chi connectivity index (χ1v) is 10.5. The summed E-state index contributed by atoms with van der Waals surface area (Å²) in [4.78, 5) is 31.5. The summed E-state index contributed by atoms with van der Waals surface area (Å²) in [5.74, 6) is 0.896. The summed E-state index contributed by atoms with van der Waals surface area (Å²) in [5.41, 5.74) is 10.6. The first kappa shape index (κ1) is 20.9. The molecule has 1 fully saturated rings. The fraction of sp³-hybridized carbons (Fsp3) is 0.409. The van der Waals surface area contributed by atoms with Gasteiger partial charge in [0.1, 0.15) is 5.82 Å². The molecule has 4 rings (SSSR count). The van der Waals surface area contributed by atoms with Crippen molar-refractivity contribution in [2.45, 2.75) is 46.2 Å². The van der Waals surface area contributed by atoms with Gasteiger partial charge in [0.05, 0.1) is 17.3 Å². The topological polar surface area (TPSA) is 122 Å². The Morgan fingerprint density at radius 3 is 2.74 bits per heavy atom. The lowest BCUT2D eigenvalue weighted by atomic mass is 10.0. The Labute approximate surface area is 181 Å². The highest BCUT2D eigenvalue weighted by Crippen LogP contribution is 2.24. The largest absolute Gasteiger partial charge is 0.383 e. The zero-order valence-corrected chi connectivity index (χ0v) is 18.1. The van der Waals surface area contributed by atoms with E-state index in [-0.39, 0.29) is 11.9 Å². The molecule has 4 heterocycles. The Kier molecular flexibility index (Phi) is 5.94. The van der Waals surface area contributed by atoms with Gasteiger partial charge in [-0.3, -0.25) is 14.7 Å². The lowest BCUT2D eigenvalue weighted by Gasteiger charge is -2.32. The second-order valence-corrected chi connectivity index (χ2v) is 8.12. The number of nitrogens with zero attached hydrogens (tertiary/aromatic N) is 5. The molecule has 0 aliphatic carbocycles. The van der Waals surface area contributed by atoms with Crippen molar-refractivity contribution >= 4 is 34.4 Å². The van der Waals surface area contributed by atoms with Crippen LogP contribution in [0.25, 0.3) is 11.0 Å². The van der Waals surface area contributed by atoms with Gasteiger partial charge >= 0.3 is 0 Å². The van der Waals surface area contributed by atoms with Gasteiger partial charge in [0.25, 0.3) is 0 Å². The molecule has 9 heteroatoms. The van der Waals surface area contributed by atoms with Crippen LogP contribution < -0.4 is 16.4 Å². The van der Waals surface area contributed by atoms with Crippen molar-refractivity contribution in [3.8, 4) is 0 Å². The van der Waals surface area contributed by atoms with Crippen molar-refractivity contribution in [3.63, 3.8) is 0 Å². The number of aryl methyl sites for hydroxylation is 2. The van der Waals surface area contributed by atoms with Crippen LogP contribution >= 0.6 is 0 Å². The van der Waals surface area contributed by atoms with E-state index >= 15 is 0 Å². The number of fused-ring (bicyclic) bond motifs is 1. The average molecular weight is 421 g/mol. The number of aromatic nitrogens is 4. The fourth-order valence-corrected chi connectivity index (χ4v) is 4.10. The molecule has 0 unspecified atom stereocenters. The van der Waals surface area contributed by atoms with Crippen LogP contribution in [0.15, 0.2) is 24.5 Å². The zero-order valence-electron chi connectivity index (χ0n) is 18.1. The van der Waals surface area contributed by atoms with E-state index in [1.54, 1.807) is 12.4 Å². The van der Waals surface area contributed by atoms with Crippen LogP contribution in [0.2, 0.25) is 0 Å². The molecule has 4 N–H and O–H groups in total. The molecule has 1 aliphatic rings. The van der Waals surface area contributed by atoms with Crippen molar-refractivity contribution < 1.29 is 4.79 Å². The number of nitrogen functional groups attached to an aromatic ring is 1. The van der Waals surface area contributed by atoms with Crippen molar-refractivity contribution in [2.24, 2.45) is 0 Å². The molecule has 0 aromatic carbocycles. The molecule has 0 radical (unpaired) electrons. The maximum Gasteiger partial charge on any atom is 0.226 e. The molecule has 162 valence electrons. The summed E-state index contributed by atoms with van der Waals surface area (Å²) in [6, 6.07) is 4.22. The van der Waals surface area contributed by atoms with E-state index in [1.165, 1.54) is 6.92 Å². The van der Waals surface area contributed by atoms with Crippen LogP contribution in [0.3, 0.4) is 0 Å². The highest BCUT2D eigenvalue weighted by Gasteiger charge is 2.21. The number of amides is 1. The van der Waals surface area contributed by atoms with Crippen LogP contribution in [-0.2, 0) is 11.3 Å². The second-order valence-electron chi connectivity index (χ2n) is 8.12. The molecule has 0 bridgehead atoms. The number of nitrogens with one attached hydrogen (secondary N) is 2. The summed E-state index contributed by atoms with van der Waals surface area (Å²) in [7, 11) is 0. The Hall–Kier alpha value is -3.33. The molecule has 31 heavy (non-hydrogen) atoms. The van der Waals surface area contributed by atoms with Gasteiger partial charge in [-0.25, -0.2) is 4.98 Å². The number of pyridine rings is 2. The van der Waals surface area contributed by atoms with Crippen LogP contribution in [0.4, 0.5) is 17.5 Å². The molecular formula is C22H28N8O. The van der Waals surface area contributed by atoms with Crippen molar-refractivity contribution in [2.75, 3.05) is 29.5 Å². The molecule has 0 saturated carbocycles. The number of hydrogen-bond acceptors (Lipinski definition) is 8. The molecule has 0 spiro atoms. The van der Waals surface area contributed by atoms with Crippen LogP contribution in [-0.4, -0.2) is 49.9 Å². The molecule has 3 aromatic heterocycles. The standard InChI is InChI=1S/C22H28N8O/c1-13-10-14(2)25-21-19(13)20(23)28-22(29-21)27-17-5-8-30(9-6-17)12-16-4-7-24-11-18(16)26-15(3)31/h4,7,10-11,17H,5-6,8-9,12H2,1-3H3,(H,26,31)(H3,23,25,27,28,29). The lowest BCUT2D eigenvalue weighted by Crippen LogP contribution is -2.39. The normalized spacial score (nSPS) is 15.2. The molecular weight excluding hydrogens is 392 g/mol. The summed E-state index contributed by atoms with van der Waals surface area (Å²) < 4.78 is 0. The number of hydrogen-bond donors (Lipinski definition) is 3. The molecule has 3 aromatic rings. The lowest BCUT2D eigenvalue weighted by molar-refractivity contribution is -0.114. The molecule has 0 atom stereocenters. The molecule has 1 saturated heterocycles. The predicted molar refractivity (Wildman–Crippen MR) is 122 cm³/mol. The highest BCUT2D eigenvalue weighted by molar-refractivity contribution is 5.90. The third-order valence-electron chi connectivity index (χ3n) is 5.56. The van der Waals surface area contributed by atoms with E-state index in [1.807, 2.05) is 26.0 Å². The molecule has 1 amide bonds. The van der Waals surface area contributed by atoms with Gasteiger partial charge in [0.15, 0.2) is 5.65 Å². The quantitative estimate of drug-likeness (QED) is 0.576. The SMILES string of the molecule is CC(=O)Nc1cnccc1CN1CCC(Nc2nc(N)c3c(C)cc(C)nc3n2)CC1. The molecule has 9 nitrogen and oxygen atoms in total. The smallest absolute Gasteiger partial charge is 0.226 e. The van der Waals surface area contributed by atoms with Crippen molar-refractivity contribution in [1.29, 1.82) is 0 Å². The first-order valence-electron chi connectivity index (χ1n) is 10.5. The van der Waals surface area contributed by atoms with Crippen molar-refractivity contribution in [3.05, 3.63) is 41.3 Å². The number of anilines is 3. The monoisotopic (exact) mass is 420 g/mol. The number of carbonyl (C=O) groups excluding carboxylic acids is 1. The number of piperidine rings is 1. The third kappa shape index (κ3) is 4.88. The Morgan fingerprint density at radius 2 is 2.00 bits per heavy atom. The van der Waals surface area contributed by atoms with Gasteiger partial charge < -0.3 is 16.4 Å². The minimum Gasteiger partial charge on any atom is -0.383 e. The van der Waals surface area contributed by atoms with Gasteiger partial charge in [0, 0.05) is 44.5 Å². The van der Waals surface area contributed by atoms with E-state index in [9.17, 15) is 4.79 Å². The Morgan fingerprint density at radius 1 is 1.23 bits per heavy atom. The fourth-order valence-electron chi connectivity index (χ4n) is 4.10. The summed E-state index contributed by atoms with van der Waals surface area (Å²) in [6.45, 7) is 8.09. The average Bonchev–Trinajstić information content (AvgIpc) is 2.69. The maximum absolute atomic E-state index is 11.4. The van der Waals surface area contributed by atoms with Crippen LogP contribution in [0.5, 0.6) is 0 Å².